The molecular weight excluding hydrogens is 488 g/mol. The Morgan fingerprint density at radius 2 is 1.02 bits per heavy atom. The summed E-state index contributed by atoms with van der Waals surface area (Å²) in [6.07, 6.45) is 3.35. The molecule has 0 radical (unpaired) electrons. The van der Waals surface area contributed by atoms with E-state index in [1.54, 1.807) is 12.4 Å². The average molecular weight is 513 g/mol. The van der Waals surface area contributed by atoms with E-state index in [2.05, 4.69) is 130 Å². The first kappa shape index (κ1) is 23.5. The van der Waals surface area contributed by atoms with Crippen molar-refractivity contribution in [2.75, 3.05) is 9.80 Å². The Bertz CT molecular complexity index is 1840. The van der Waals surface area contributed by atoms with Gasteiger partial charge >= 0.3 is 0 Å². The summed E-state index contributed by atoms with van der Waals surface area (Å²) < 4.78 is 0. The predicted octanol–water partition coefficient (Wildman–Crippen LogP) is 9.54. The molecule has 0 N–H and O–H groups in total. The number of rotatable bonds is 4. The monoisotopic (exact) mass is 512 g/mol. The predicted molar refractivity (Wildman–Crippen MR) is 163 cm³/mol. The molecule has 0 unspecified atom stereocenters. The van der Waals surface area contributed by atoms with Gasteiger partial charge in [0, 0.05) is 29.3 Å². The van der Waals surface area contributed by atoms with Gasteiger partial charge in [-0.1, -0.05) is 72.8 Å². The molecule has 0 atom stereocenters. The van der Waals surface area contributed by atoms with Crippen LogP contribution in [0, 0.1) is 11.3 Å². The van der Waals surface area contributed by atoms with Crippen LogP contribution in [-0.4, -0.2) is 4.98 Å². The summed E-state index contributed by atoms with van der Waals surface area (Å²) in [6.45, 7) is 0. The zero-order valence-electron chi connectivity index (χ0n) is 21.6. The van der Waals surface area contributed by atoms with Crippen LogP contribution in [0.2, 0.25) is 0 Å². The van der Waals surface area contributed by atoms with Crippen molar-refractivity contribution >= 4 is 34.1 Å². The first-order valence-corrected chi connectivity index (χ1v) is 13.2. The molecule has 0 amide bonds. The van der Waals surface area contributed by atoms with E-state index in [1.807, 2.05) is 24.3 Å². The van der Waals surface area contributed by atoms with Gasteiger partial charge in [0.25, 0.3) is 0 Å². The highest BCUT2D eigenvalue weighted by atomic mass is 15.3. The van der Waals surface area contributed by atoms with Gasteiger partial charge in [0.05, 0.1) is 28.3 Å². The molecule has 0 saturated carbocycles. The van der Waals surface area contributed by atoms with Gasteiger partial charge in [-0.05, 0) is 77.4 Å². The zero-order valence-corrected chi connectivity index (χ0v) is 21.6. The third kappa shape index (κ3) is 3.98. The molecule has 0 aliphatic carbocycles. The fourth-order valence-corrected chi connectivity index (χ4v) is 5.50. The van der Waals surface area contributed by atoms with E-state index in [0.717, 1.165) is 56.4 Å². The standard InChI is InChI=1S/C36H24N4/c37-24-29-25-38-21-20-32(29)28-12-8-10-26(22-28)27-11-9-15-31(23-27)40-35-18-6-4-16-33(35)39(30-13-2-1-3-14-30)34-17-5-7-19-36(34)40/h1-23,25H. The molecule has 0 fully saturated rings. The molecule has 188 valence electrons. The SMILES string of the molecule is N#Cc1cnccc1-c1cccc(-c2cccc(N3c4ccccc4N(c4ccccc4)c4ccccc43)c2)c1. The van der Waals surface area contributed by atoms with E-state index in [1.165, 1.54) is 0 Å². The number of benzene rings is 5. The summed E-state index contributed by atoms with van der Waals surface area (Å²) in [7, 11) is 0. The molecule has 2 heterocycles. The fraction of sp³-hybridized carbons (Fsp3) is 0. The Kier molecular flexibility index (Phi) is 5.81. The molecule has 1 aliphatic rings. The summed E-state index contributed by atoms with van der Waals surface area (Å²) in [6, 6.07) is 48.8. The van der Waals surface area contributed by atoms with Crippen molar-refractivity contribution in [2.24, 2.45) is 0 Å². The summed E-state index contributed by atoms with van der Waals surface area (Å²) in [5.74, 6) is 0. The van der Waals surface area contributed by atoms with Crippen molar-refractivity contribution in [1.29, 1.82) is 5.26 Å². The topological polar surface area (TPSA) is 43.2 Å². The van der Waals surface area contributed by atoms with Crippen molar-refractivity contribution in [3.63, 3.8) is 0 Å². The lowest BCUT2D eigenvalue weighted by atomic mass is 9.97. The number of anilines is 6. The van der Waals surface area contributed by atoms with Gasteiger partial charge in [-0.15, -0.1) is 0 Å². The summed E-state index contributed by atoms with van der Waals surface area (Å²) >= 11 is 0. The molecule has 4 nitrogen and oxygen atoms in total. The molecule has 6 aromatic rings. The van der Waals surface area contributed by atoms with E-state index in [4.69, 9.17) is 0 Å². The number of hydrogen-bond donors (Lipinski definition) is 0. The van der Waals surface area contributed by atoms with Crippen LogP contribution >= 0.6 is 0 Å². The van der Waals surface area contributed by atoms with Crippen molar-refractivity contribution in [1.82, 2.24) is 4.98 Å². The van der Waals surface area contributed by atoms with Gasteiger partial charge in [-0.25, -0.2) is 0 Å². The molecule has 0 saturated heterocycles. The minimum atomic E-state index is 0.568. The van der Waals surface area contributed by atoms with Crippen molar-refractivity contribution in [3.8, 4) is 28.3 Å². The van der Waals surface area contributed by atoms with E-state index in [-0.39, 0.29) is 0 Å². The van der Waals surface area contributed by atoms with Gasteiger partial charge in [-0.3, -0.25) is 4.98 Å². The summed E-state index contributed by atoms with van der Waals surface area (Å²) in [5.41, 5.74) is 11.3. The van der Waals surface area contributed by atoms with Crippen molar-refractivity contribution in [2.45, 2.75) is 0 Å². The molecule has 0 spiro atoms. The number of para-hydroxylation sites is 5. The Balaban J connectivity index is 1.36. The first-order valence-electron chi connectivity index (χ1n) is 13.2. The van der Waals surface area contributed by atoms with Crippen LogP contribution in [0.15, 0.2) is 146 Å². The van der Waals surface area contributed by atoms with Crippen LogP contribution in [0.25, 0.3) is 22.3 Å². The van der Waals surface area contributed by atoms with Crippen LogP contribution in [0.1, 0.15) is 5.56 Å². The quantitative estimate of drug-likeness (QED) is 0.235. The molecule has 4 heteroatoms. The highest BCUT2D eigenvalue weighted by Gasteiger charge is 2.30. The number of fused-ring (bicyclic) bond motifs is 2. The number of nitrogens with zero attached hydrogens (tertiary/aromatic N) is 4. The molecular formula is C36H24N4. The Morgan fingerprint density at radius 3 is 1.68 bits per heavy atom. The average Bonchev–Trinajstić information content (AvgIpc) is 3.04. The van der Waals surface area contributed by atoms with Crippen LogP contribution in [0.5, 0.6) is 0 Å². The van der Waals surface area contributed by atoms with Crippen molar-refractivity contribution < 1.29 is 0 Å². The number of hydrogen-bond acceptors (Lipinski definition) is 4. The van der Waals surface area contributed by atoms with Gasteiger partial charge < -0.3 is 9.80 Å². The Labute approximate surface area is 233 Å². The lowest BCUT2D eigenvalue weighted by Gasteiger charge is -2.40. The van der Waals surface area contributed by atoms with Crippen LogP contribution in [-0.2, 0) is 0 Å². The minimum Gasteiger partial charge on any atom is -0.306 e. The maximum absolute atomic E-state index is 9.60. The molecule has 0 bridgehead atoms. The first-order chi connectivity index (χ1) is 19.8. The number of nitriles is 1. The lowest BCUT2D eigenvalue weighted by molar-refractivity contribution is 1.17. The zero-order chi connectivity index (χ0) is 26.9. The van der Waals surface area contributed by atoms with Crippen LogP contribution < -0.4 is 9.80 Å². The highest BCUT2D eigenvalue weighted by Crippen LogP contribution is 2.54. The van der Waals surface area contributed by atoms with Gasteiger partial charge in [-0.2, -0.15) is 5.26 Å². The minimum absolute atomic E-state index is 0.568. The normalized spacial score (nSPS) is 11.9. The Morgan fingerprint density at radius 1 is 0.500 bits per heavy atom. The van der Waals surface area contributed by atoms with Gasteiger partial charge in [0.15, 0.2) is 0 Å². The molecule has 40 heavy (non-hydrogen) atoms. The van der Waals surface area contributed by atoms with Crippen LogP contribution in [0.4, 0.5) is 34.1 Å². The van der Waals surface area contributed by atoms with E-state index in [0.29, 0.717) is 5.56 Å². The van der Waals surface area contributed by atoms with Crippen molar-refractivity contribution in [3.05, 3.63) is 151 Å². The number of pyridine rings is 1. The Hall–Kier alpha value is -5.66. The largest absolute Gasteiger partial charge is 0.306 e. The molecule has 1 aromatic heterocycles. The number of aromatic nitrogens is 1. The lowest BCUT2D eigenvalue weighted by Crippen LogP contribution is -2.23. The third-order valence-electron chi connectivity index (χ3n) is 7.29. The molecule has 5 aromatic carbocycles. The molecule has 1 aliphatic heterocycles. The second-order valence-corrected chi connectivity index (χ2v) is 9.65. The summed E-state index contributed by atoms with van der Waals surface area (Å²) in [5, 5.41) is 9.60. The third-order valence-corrected chi connectivity index (χ3v) is 7.29. The van der Waals surface area contributed by atoms with Gasteiger partial charge in [0.1, 0.15) is 6.07 Å². The smallest absolute Gasteiger partial charge is 0.101 e. The van der Waals surface area contributed by atoms with E-state index >= 15 is 0 Å². The molecule has 7 rings (SSSR count). The second-order valence-electron chi connectivity index (χ2n) is 9.65. The van der Waals surface area contributed by atoms with Gasteiger partial charge in [0.2, 0.25) is 0 Å². The summed E-state index contributed by atoms with van der Waals surface area (Å²) in [4.78, 5) is 8.79. The highest BCUT2D eigenvalue weighted by molar-refractivity contribution is 6.01. The van der Waals surface area contributed by atoms with E-state index in [9.17, 15) is 5.26 Å². The second kappa shape index (κ2) is 9.90. The maximum atomic E-state index is 9.60. The maximum Gasteiger partial charge on any atom is 0.101 e. The van der Waals surface area contributed by atoms with Crippen LogP contribution in [0.3, 0.4) is 0 Å². The fourth-order valence-electron chi connectivity index (χ4n) is 5.50. The van der Waals surface area contributed by atoms with E-state index < -0.39 is 0 Å².